The van der Waals surface area contributed by atoms with Crippen LogP contribution in [0.3, 0.4) is 0 Å². The lowest BCUT2D eigenvalue weighted by atomic mass is 10.1. The smallest absolute Gasteiger partial charge is 0.203 e. The van der Waals surface area contributed by atoms with Gasteiger partial charge in [0.1, 0.15) is 11.5 Å². The molecule has 0 aromatic heterocycles. The number of carbonyl (C=O) groups is 1. The third-order valence-corrected chi connectivity index (χ3v) is 3.36. The highest BCUT2D eigenvalue weighted by Crippen LogP contribution is 2.22. The van der Waals surface area contributed by atoms with Gasteiger partial charge in [0.05, 0.1) is 12.7 Å². The lowest BCUT2D eigenvalue weighted by Gasteiger charge is -2.11. The van der Waals surface area contributed by atoms with Crippen molar-refractivity contribution in [2.75, 3.05) is 13.7 Å². The Morgan fingerprint density at radius 2 is 1.57 bits per heavy atom. The molecule has 0 spiro atoms. The molecule has 0 aliphatic carbocycles. The van der Waals surface area contributed by atoms with Gasteiger partial charge in [-0.25, -0.2) is 0 Å². The highest BCUT2D eigenvalue weighted by molar-refractivity contribution is 5.99. The molecule has 0 aliphatic rings. The molecule has 0 aliphatic heterocycles. The van der Waals surface area contributed by atoms with Gasteiger partial charge >= 0.3 is 0 Å². The first-order valence-electron chi connectivity index (χ1n) is 6.89. The molecule has 0 atom stereocenters. The SMILES string of the molecule is COc1cc(C)ccc1C(=O)COc1cc(C)ccc1C. The van der Waals surface area contributed by atoms with Crippen LogP contribution in [0.15, 0.2) is 36.4 Å². The van der Waals surface area contributed by atoms with Crippen LogP contribution in [0.4, 0.5) is 0 Å². The second kappa shape index (κ2) is 6.44. The van der Waals surface area contributed by atoms with Crippen LogP contribution in [0.1, 0.15) is 27.0 Å². The van der Waals surface area contributed by atoms with Crippen molar-refractivity contribution in [1.82, 2.24) is 0 Å². The van der Waals surface area contributed by atoms with E-state index in [1.807, 2.05) is 51.1 Å². The summed E-state index contributed by atoms with van der Waals surface area (Å²) in [6, 6.07) is 11.5. The standard InChI is InChI=1S/C18H20O3/c1-12-5-7-14(3)17(9-12)21-11-16(19)15-8-6-13(2)10-18(15)20-4/h5-10H,11H2,1-4H3. The Morgan fingerprint density at radius 1 is 0.952 bits per heavy atom. The van der Waals surface area contributed by atoms with Crippen LogP contribution in [0.5, 0.6) is 11.5 Å². The molecule has 110 valence electrons. The summed E-state index contributed by atoms with van der Waals surface area (Å²) in [6.07, 6.45) is 0. The fourth-order valence-electron chi connectivity index (χ4n) is 2.11. The van der Waals surface area contributed by atoms with E-state index in [4.69, 9.17) is 9.47 Å². The molecule has 3 nitrogen and oxygen atoms in total. The first kappa shape index (κ1) is 15.1. The summed E-state index contributed by atoms with van der Waals surface area (Å²) in [4.78, 5) is 12.3. The average molecular weight is 284 g/mol. The minimum absolute atomic E-state index is 0.00368. The predicted molar refractivity (Wildman–Crippen MR) is 83.5 cm³/mol. The van der Waals surface area contributed by atoms with Gasteiger partial charge in [-0.3, -0.25) is 4.79 Å². The topological polar surface area (TPSA) is 35.5 Å². The average Bonchev–Trinajstić information content (AvgIpc) is 2.47. The number of benzene rings is 2. The second-order valence-electron chi connectivity index (χ2n) is 5.18. The number of hydrogen-bond donors (Lipinski definition) is 0. The molecule has 3 heteroatoms. The van der Waals surface area contributed by atoms with Crippen molar-refractivity contribution in [1.29, 1.82) is 0 Å². The van der Waals surface area contributed by atoms with Crippen LogP contribution in [0, 0.1) is 20.8 Å². The van der Waals surface area contributed by atoms with E-state index in [9.17, 15) is 4.79 Å². The van der Waals surface area contributed by atoms with Gasteiger partial charge in [-0.2, -0.15) is 0 Å². The molecular formula is C18H20O3. The molecule has 0 saturated carbocycles. The van der Waals surface area contributed by atoms with Crippen molar-refractivity contribution in [2.24, 2.45) is 0 Å². The summed E-state index contributed by atoms with van der Waals surface area (Å²) in [6.45, 7) is 5.93. The quantitative estimate of drug-likeness (QED) is 0.782. The van der Waals surface area contributed by atoms with Crippen LogP contribution in [-0.4, -0.2) is 19.5 Å². The summed E-state index contributed by atoms with van der Waals surface area (Å²) < 4.78 is 10.9. The van der Waals surface area contributed by atoms with Crippen LogP contribution in [0.25, 0.3) is 0 Å². The molecule has 2 aromatic carbocycles. The van der Waals surface area contributed by atoms with Gasteiger partial charge in [-0.05, 0) is 55.7 Å². The normalized spacial score (nSPS) is 10.3. The Labute approximate surface area is 125 Å². The van der Waals surface area contributed by atoms with Crippen molar-refractivity contribution < 1.29 is 14.3 Å². The van der Waals surface area contributed by atoms with E-state index in [1.165, 1.54) is 0 Å². The number of ether oxygens (including phenoxy) is 2. The van der Waals surface area contributed by atoms with E-state index < -0.39 is 0 Å². The zero-order valence-corrected chi connectivity index (χ0v) is 12.9. The zero-order valence-electron chi connectivity index (χ0n) is 12.9. The van der Waals surface area contributed by atoms with Crippen molar-refractivity contribution in [3.05, 3.63) is 58.7 Å². The Kier molecular flexibility index (Phi) is 4.63. The van der Waals surface area contributed by atoms with Crippen LogP contribution in [-0.2, 0) is 0 Å². The zero-order chi connectivity index (χ0) is 15.4. The Bertz CT molecular complexity index is 660. The minimum atomic E-state index is -0.0900. The monoisotopic (exact) mass is 284 g/mol. The van der Waals surface area contributed by atoms with Gasteiger partial charge in [0.25, 0.3) is 0 Å². The largest absolute Gasteiger partial charge is 0.496 e. The number of aryl methyl sites for hydroxylation is 3. The maximum absolute atomic E-state index is 12.3. The van der Waals surface area contributed by atoms with Crippen molar-refractivity contribution >= 4 is 5.78 Å². The molecule has 21 heavy (non-hydrogen) atoms. The molecule has 2 rings (SSSR count). The Morgan fingerprint density at radius 3 is 2.24 bits per heavy atom. The maximum atomic E-state index is 12.3. The van der Waals surface area contributed by atoms with E-state index in [1.54, 1.807) is 13.2 Å². The summed E-state index contributed by atoms with van der Waals surface area (Å²) in [5.74, 6) is 1.24. The van der Waals surface area contributed by atoms with Gasteiger partial charge in [-0.15, -0.1) is 0 Å². The molecule has 0 radical (unpaired) electrons. The van der Waals surface area contributed by atoms with Crippen LogP contribution >= 0.6 is 0 Å². The molecule has 0 N–H and O–H groups in total. The number of rotatable bonds is 5. The molecular weight excluding hydrogens is 264 g/mol. The van der Waals surface area contributed by atoms with E-state index in [-0.39, 0.29) is 12.4 Å². The second-order valence-corrected chi connectivity index (χ2v) is 5.18. The van der Waals surface area contributed by atoms with Gasteiger partial charge < -0.3 is 9.47 Å². The van der Waals surface area contributed by atoms with Gasteiger partial charge in [0, 0.05) is 0 Å². The molecule has 0 heterocycles. The number of hydrogen-bond acceptors (Lipinski definition) is 3. The number of carbonyl (C=O) groups excluding carboxylic acids is 1. The number of methoxy groups -OCH3 is 1. The van der Waals surface area contributed by atoms with Gasteiger partial charge in [-0.1, -0.05) is 18.2 Å². The lowest BCUT2D eigenvalue weighted by Crippen LogP contribution is -2.13. The molecule has 2 aromatic rings. The van der Waals surface area contributed by atoms with Gasteiger partial charge in [0.15, 0.2) is 6.61 Å². The minimum Gasteiger partial charge on any atom is -0.496 e. The molecule has 0 unspecified atom stereocenters. The van der Waals surface area contributed by atoms with Crippen molar-refractivity contribution in [3.8, 4) is 11.5 Å². The summed E-state index contributed by atoms with van der Waals surface area (Å²) in [7, 11) is 1.57. The Hall–Kier alpha value is -2.29. The number of ketones is 1. The van der Waals surface area contributed by atoms with Gasteiger partial charge in [0.2, 0.25) is 5.78 Å². The summed E-state index contributed by atoms with van der Waals surface area (Å²) in [5.41, 5.74) is 3.73. The first-order chi connectivity index (χ1) is 10.0. The van der Waals surface area contributed by atoms with Crippen LogP contribution in [0.2, 0.25) is 0 Å². The molecule has 0 bridgehead atoms. The third-order valence-electron chi connectivity index (χ3n) is 3.36. The van der Waals surface area contributed by atoms with E-state index >= 15 is 0 Å². The van der Waals surface area contributed by atoms with E-state index in [0.717, 1.165) is 22.4 Å². The maximum Gasteiger partial charge on any atom is 0.203 e. The number of Topliss-reactive ketones (excluding diaryl/α,β-unsaturated/α-hetero) is 1. The third kappa shape index (κ3) is 3.63. The van der Waals surface area contributed by atoms with Crippen molar-refractivity contribution in [2.45, 2.75) is 20.8 Å². The fraction of sp³-hybridized carbons (Fsp3) is 0.278. The highest BCUT2D eigenvalue weighted by atomic mass is 16.5. The van der Waals surface area contributed by atoms with Crippen molar-refractivity contribution in [3.63, 3.8) is 0 Å². The predicted octanol–water partition coefficient (Wildman–Crippen LogP) is 3.88. The molecule has 0 amide bonds. The van der Waals surface area contributed by atoms with E-state index in [2.05, 4.69) is 0 Å². The summed E-state index contributed by atoms with van der Waals surface area (Å²) in [5, 5.41) is 0. The fourth-order valence-corrected chi connectivity index (χ4v) is 2.11. The highest BCUT2D eigenvalue weighted by Gasteiger charge is 2.13. The molecule has 0 saturated heterocycles. The summed E-state index contributed by atoms with van der Waals surface area (Å²) >= 11 is 0. The Balaban J connectivity index is 2.13. The van der Waals surface area contributed by atoms with E-state index in [0.29, 0.717) is 11.3 Å². The molecule has 0 fully saturated rings. The first-order valence-corrected chi connectivity index (χ1v) is 6.89. The van der Waals surface area contributed by atoms with Crippen LogP contribution < -0.4 is 9.47 Å². The lowest BCUT2D eigenvalue weighted by molar-refractivity contribution is 0.0918.